The maximum Gasteiger partial charge on any atom is 0.0245 e. The fourth-order valence-electron chi connectivity index (χ4n) is 2.02. The second-order valence-corrected chi connectivity index (χ2v) is 6.12. The molecule has 0 radical (unpaired) electrons. The van der Waals surface area contributed by atoms with Gasteiger partial charge in [0.1, 0.15) is 0 Å². The molecule has 0 aliphatic carbocycles. The Morgan fingerprint density at radius 3 is 2.68 bits per heavy atom. The number of nitrogens with zero attached hydrogens (tertiary/aromatic N) is 1. The first-order valence-electron chi connectivity index (χ1n) is 7.29. The molecular weight excluding hydrogens is 300 g/mol. The number of benzene rings is 1. The van der Waals surface area contributed by atoms with Crippen molar-refractivity contribution >= 4 is 15.9 Å². The summed E-state index contributed by atoms with van der Waals surface area (Å²) in [5.74, 6) is 0. The highest BCUT2D eigenvalue weighted by Gasteiger charge is 2.10. The van der Waals surface area contributed by atoms with Crippen LogP contribution in [0.5, 0.6) is 0 Å². The third kappa shape index (κ3) is 6.55. The van der Waals surface area contributed by atoms with E-state index in [2.05, 4.69) is 71.3 Å². The molecule has 0 spiro atoms. The number of hydrogen-bond acceptors (Lipinski definition) is 2. The van der Waals surface area contributed by atoms with Crippen molar-refractivity contribution in [2.45, 2.75) is 45.7 Å². The van der Waals surface area contributed by atoms with E-state index in [1.54, 1.807) is 0 Å². The van der Waals surface area contributed by atoms with E-state index in [4.69, 9.17) is 0 Å². The van der Waals surface area contributed by atoms with Gasteiger partial charge in [0.05, 0.1) is 0 Å². The summed E-state index contributed by atoms with van der Waals surface area (Å²) >= 11 is 3.61. The highest BCUT2D eigenvalue weighted by Crippen LogP contribution is 2.17. The molecule has 1 N–H and O–H groups in total. The van der Waals surface area contributed by atoms with E-state index in [-0.39, 0.29) is 0 Å². The molecule has 1 unspecified atom stereocenters. The second-order valence-electron chi connectivity index (χ2n) is 5.27. The Kier molecular flexibility index (Phi) is 8.35. The summed E-state index contributed by atoms with van der Waals surface area (Å²) in [5.41, 5.74) is 1.35. The van der Waals surface area contributed by atoms with Gasteiger partial charge in [-0.1, -0.05) is 53.9 Å². The molecule has 0 aliphatic heterocycles. The first kappa shape index (κ1) is 16.7. The fourth-order valence-corrected chi connectivity index (χ4v) is 2.43. The monoisotopic (exact) mass is 326 g/mol. The number of likely N-dealkylation sites (N-methyl/N-ethyl adjacent to an activating group) is 1. The van der Waals surface area contributed by atoms with Crippen LogP contribution in [0.2, 0.25) is 0 Å². The van der Waals surface area contributed by atoms with Gasteiger partial charge in [0.2, 0.25) is 0 Å². The van der Waals surface area contributed by atoms with Crippen molar-refractivity contribution in [1.82, 2.24) is 10.2 Å². The van der Waals surface area contributed by atoms with Crippen LogP contribution in [0.4, 0.5) is 0 Å². The minimum atomic E-state index is 0.550. The standard InChI is InChI=1S/C16H27BrN2/c1-4-5-8-11-18-12-14(2)19(3)13-15-9-6-7-10-16(15)17/h6-7,9-10,14,18H,4-5,8,11-13H2,1-3H3. The lowest BCUT2D eigenvalue weighted by Gasteiger charge is -2.25. The lowest BCUT2D eigenvalue weighted by atomic mass is 10.2. The summed E-state index contributed by atoms with van der Waals surface area (Å²) in [5, 5.41) is 3.55. The van der Waals surface area contributed by atoms with Gasteiger partial charge < -0.3 is 5.32 Å². The maximum absolute atomic E-state index is 3.61. The van der Waals surface area contributed by atoms with Crippen LogP contribution in [0.3, 0.4) is 0 Å². The third-order valence-electron chi connectivity index (χ3n) is 3.53. The lowest BCUT2D eigenvalue weighted by molar-refractivity contribution is 0.242. The molecule has 1 atom stereocenters. The molecule has 1 aromatic carbocycles. The van der Waals surface area contributed by atoms with Crippen LogP contribution in [0.1, 0.15) is 38.7 Å². The van der Waals surface area contributed by atoms with E-state index < -0.39 is 0 Å². The molecule has 2 nitrogen and oxygen atoms in total. The number of rotatable bonds is 9. The van der Waals surface area contributed by atoms with E-state index in [1.807, 2.05) is 0 Å². The average Bonchev–Trinajstić information content (AvgIpc) is 2.41. The Morgan fingerprint density at radius 2 is 2.00 bits per heavy atom. The Morgan fingerprint density at radius 1 is 1.26 bits per heavy atom. The minimum Gasteiger partial charge on any atom is -0.315 e. The fraction of sp³-hybridized carbons (Fsp3) is 0.625. The van der Waals surface area contributed by atoms with Crippen LogP contribution in [0.25, 0.3) is 0 Å². The molecule has 108 valence electrons. The van der Waals surface area contributed by atoms with Gasteiger partial charge in [0, 0.05) is 23.6 Å². The van der Waals surface area contributed by atoms with Crippen molar-refractivity contribution in [1.29, 1.82) is 0 Å². The van der Waals surface area contributed by atoms with Gasteiger partial charge in [-0.25, -0.2) is 0 Å². The molecule has 0 saturated heterocycles. The molecule has 1 rings (SSSR count). The highest BCUT2D eigenvalue weighted by atomic mass is 79.9. The molecular formula is C16H27BrN2. The predicted octanol–water partition coefficient (Wildman–Crippen LogP) is 4.05. The van der Waals surface area contributed by atoms with Gasteiger partial charge in [-0.2, -0.15) is 0 Å². The Balaban J connectivity index is 2.28. The molecule has 19 heavy (non-hydrogen) atoms. The summed E-state index contributed by atoms with van der Waals surface area (Å²) in [6.07, 6.45) is 3.91. The minimum absolute atomic E-state index is 0.550. The number of nitrogens with one attached hydrogen (secondary N) is 1. The SMILES string of the molecule is CCCCCNCC(C)N(C)Cc1ccccc1Br. The second kappa shape index (κ2) is 9.51. The van der Waals surface area contributed by atoms with Crippen LogP contribution in [-0.2, 0) is 6.54 Å². The zero-order chi connectivity index (χ0) is 14.1. The largest absolute Gasteiger partial charge is 0.315 e. The van der Waals surface area contributed by atoms with Crippen molar-refractivity contribution in [3.05, 3.63) is 34.3 Å². The third-order valence-corrected chi connectivity index (χ3v) is 4.30. The van der Waals surface area contributed by atoms with E-state index >= 15 is 0 Å². The van der Waals surface area contributed by atoms with E-state index in [9.17, 15) is 0 Å². The summed E-state index contributed by atoms with van der Waals surface area (Å²) < 4.78 is 1.20. The Hall–Kier alpha value is -0.380. The topological polar surface area (TPSA) is 15.3 Å². The van der Waals surface area contributed by atoms with Gasteiger partial charge in [-0.15, -0.1) is 0 Å². The molecule has 0 bridgehead atoms. The molecule has 0 heterocycles. The molecule has 0 amide bonds. The quantitative estimate of drug-likeness (QED) is 0.689. The van der Waals surface area contributed by atoms with Crippen molar-refractivity contribution in [3.63, 3.8) is 0 Å². The smallest absolute Gasteiger partial charge is 0.0245 e. The van der Waals surface area contributed by atoms with Crippen molar-refractivity contribution in [3.8, 4) is 0 Å². The van der Waals surface area contributed by atoms with Gasteiger partial charge >= 0.3 is 0 Å². The molecule has 0 aromatic heterocycles. The van der Waals surface area contributed by atoms with Gasteiger partial charge in [-0.05, 0) is 38.6 Å². The van der Waals surface area contributed by atoms with Crippen LogP contribution >= 0.6 is 15.9 Å². The van der Waals surface area contributed by atoms with Crippen LogP contribution in [0, 0.1) is 0 Å². The van der Waals surface area contributed by atoms with Crippen LogP contribution < -0.4 is 5.32 Å². The van der Waals surface area contributed by atoms with Crippen molar-refractivity contribution in [2.75, 3.05) is 20.1 Å². The van der Waals surface area contributed by atoms with E-state index in [0.717, 1.165) is 19.6 Å². The Labute approximate surface area is 126 Å². The Bertz CT molecular complexity index is 354. The number of unbranched alkanes of at least 4 members (excludes halogenated alkanes) is 2. The van der Waals surface area contributed by atoms with Crippen LogP contribution in [-0.4, -0.2) is 31.1 Å². The van der Waals surface area contributed by atoms with Crippen molar-refractivity contribution < 1.29 is 0 Å². The summed E-state index contributed by atoms with van der Waals surface area (Å²) in [6.45, 7) is 7.71. The molecule has 0 saturated carbocycles. The maximum atomic E-state index is 3.61. The summed E-state index contributed by atoms with van der Waals surface area (Å²) in [6, 6.07) is 9.00. The zero-order valence-corrected chi connectivity index (χ0v) is 14.0. The summed E-state index contributed by atoms with van der Waals surface area (Å²) in [4.78, 5) is 2.40. The predicted molar refractivity (Wildman–Crippen MR) is 87.5 cm³/mol. The number of hydrogen-bond donors (Lipinski definition) is 1. The molecule has 3 heteroatoms. The zero-order valence-electron chi connectivity index (χ0n) is 12.5. The molecule has 0 aliphatic rings. The van der Waals surface area contributed by atoms with Crippen LogP contribution in [0.15, 0.2) is 28.7 Å². The van der Waals surface area contributed by atoms with E-state index in [0.29, 0.717) is 6.04 Å². The first-order valence-corrected chi connectivity index (χ1v) is 8.08. The highest BCUT2D eigenvalue weighted by molar-refractivity contribution is 9.10. The van der Waals surface area contributed by atoms with E-state index in [1.165, 1.54) is 29.3 Å². The number of halogens is 1. The lowest BCUT2D eigenvalue weighted by Crippen LogP contribution is -2.37. The molecule has 1 aromatic rings. The van der Waals surface area contributed by atoms with Crippen molar-refractivity contribution in [2.24, 2.45) is 0 Å². The van der Waals surface area contributed by atoms with Gasteiger partial charge in [-0.3, -0.25) is 4.90 Å². The first-order chi connectivity index (χ1) is 9.15. The van der Waals surface area contributed by atoms with Gasteiger partial charge in [0.15, 0.2) is 0 Å². The average molecular weight is 327 g/mol. The summed E-state index contributed by atoms with van der Waals surface area (Å²) in [7, 11) is 2.19. The normalized spacial score (nSPS) is 12.9. The molecule has 0 fully saturated rings. The van der Waals surface area contributed by atoms with Gasteiger partial charge in [0.25, 0.3) is 0 Å².